The van der Waals surface area contributed by atoms with Crippen LogP contribution >= 0.6 is 0 Å². The van der Waals surface area contributed by atoms with Gasteiger partial charge in [-0.05, 0) is 30.5 Å². The van der Waals surface area contributed by atoms with Crippen LogP contribution in [0.3, 0.4) is 0 Å². The molecule has 21 heavy (non-hydrogen) atoms. The Labute approximate surface area is 125 Å². The summed E-state index contributed by atoms with van der Waals surface area (Å²) in [6, 6.07) is 8.11. The maximum Gasteiger partial charge on any atom is 0.242 e. The van der Waals surface area contributed by atoms with E-state index in [-0.39, 0.29) is 11.9 Å². The molecule has 1 aromatic rings. The summed E-state index contributed by atoms with van der Waals surface area (Å²) in [4.78, 5) is 14.7. The number of hydrogen-bond acceptors (Lipinski definition) is 4. The van der Waals surface area contributed by atoms with Crippen LogP contribution in [0.15, 0.2) is 24.3 Å². The summed E-state index contributed by atoms with van der Waals surface area (Å²) in [6.07, 6.45) is 2.21. The van der Waals surface area contributed by atoms with Gasteiger partial charge in [0.05, 0.1) is 20.3 Å². The number of morpholine rings is 1. The molecule has 1 saturated heterocycles. The second kappa shape index (κ2) is 6.45. The Balaban J connectivity index is 1.67. The van der Waals surface area contributed by atoms with E-state index in [1.54, 1.807) is 7.11 Å². The van der Waals surface area contributed by atoms with Crippen molar-refractivity contribution in [2.24, 2.45) is 0 Å². The molecule has 0 spiro atoms. The van der Waals surface area contributed by atoms with Gasteiger partial charge in [-0.2, -0.15) is 0 Å². The van der Waals surface area contributed by atoms with Crippen molar-refractivity contribution in [1.82, 2.24) is 10.2 Å². The Kier molecular flexibility index (Phi) is 4.41. The Morgan fingerprint density at radius 3 is 2.71 bits per heavy atom. The molecule has 1 aliphatic carbocycles. The summed E-state index contributed by atoms with van der Waals surface area (Å²) >= 11 is 0. The molecule has 5 heteroatoms. The van der Waals surface area contributed by atoms with Gasteiger partial charge in [0.1, 0.15) is 11.8 Å². The van der Waals surface area contributed by atoms with E-state index in [9.17, 15) is 4.79 Å². The molecule has 1 aromatic carbocycles. The summed E-state index contributed by atoms with van der Waals surface area (Å²) in [6.45, 7) is 2.57. The van der Waals surface area contributed by atoms with Crippen molar-refractivity contribution in [3.05, 3.63) is 29.8 Å². The van der Waals surface area contributed by atoms with Gasteiger partial charge in [-0.3, -0.25) is 4.79 Å². The topological polar surface area (TPSA) is 50.8 Å². The number of hydrogen-bond donors (Lipinski definition) is 1. The number of carbonyl (C=O) groups excluding carboxylic acids is 1. The van der Waals surface area contributed by atoms with E-state index in [2.05, 4.69) is 5.32 Å². The third-order valence-electron chi connectivity index (χ3n) is 4.00. The van der Waals surface area contributed by atoms with Gasteiger partial charge in [0.2, 0.25) is 5.91 Å². The van der Waals surface area contributed by atoms with Crippen molar-refractivity contribution < 1.29 is 14.3 Å². The van der Waals surface area contributed by atoms with E-state index in [1.807, 2.05) is 29.2 Å². The van der Waals surface area contributed by atoms with Crippen LogP contribution in [-0.2, 0) is 16.1 Å². The van der Waals surface area contributed by atoms with E-state index >= 15 is 0 Å². The van der Waals surface area contributed by atoms with Gasteiger partial charge in [-0.1, -0.05) is 12.1 Å². The standard InChI is InChI=1S/C16H22N2O3/c1-20-14-6-2-12(3-7-14)10-18(13-4-5-13)16(19)15-11-21-9-8-17-15/h2-3,6-7,13,15,17H,4-5,8-11H2,1H3. The van der Waals surface area contributed by atoms with Crippen LogP contribution in [0, 0.1) is 0 Å². The van der Waals surface area contributed by atoms with Gasteiger partial charge < -0.3 is 19.7 Å². The fourth-order valence-electron chi connectivity index (χ4n) is 2.63. The molecule has 1 heterocycles. The van der Waals surface area contributed by atoms with Crippen molar-refractivity contribution in [3.8, 4) is 5.75 Å². The monoisotopic (exact) mass is 290 g/mol. The van der Waals surface area contributed by atoms with Crippen LogP contribution in [0.25, 0.3) is 0 Å². The van der Waals surface area contributed by atoms with Crippen molar-refractivity contribution in [2.75, 3.05) is 26.9 Å². The zero-order valence-electron chi connectivity index (χ0n) is 12.4. The lowest BCUT2D eigenvalue weighted by molar-refractivity contribution is -0.137. The largest absolute Gasteiger partial charge is 0.497 e. The second-order valence-corrected chi connectivity index (χ2v) is 5.63. The maximum atomic E-state index is 12.7. The first kappa shape index (κ1) is 14.4. The quantitative estimate of drug-likeness (QED) is 0.884. The van der Waals surface area contributed by atoms with E-state index in [0.717, 1.165) is 30.7 Å². The van der Waals surface area contributed by atoms with Gasteiger partial charge >= 0.3 is 0 Å². The zero-order valence-corrected chi connectivity index (χ0v) is 12.4. The Morgan fingerprint density at radius 2 is 2.14 bits per heavy atom. The molecule has 2 aliphatic rings. The van der Waals surface area contributed by atoms with Crippen LogP contribution in [0.2, 0.25) is 0 Å². The SMILES string of the molecule is COc1ccc(CN(C(=O)C2COCCN2)C2CC2)cc1. The molecule has 114 valence electrons. The van der Waals surface area contributed by atoms with Crippen LogP contribution in [0.1, 0.15) is 18.4 Å². The maximum absolute atomic E-state index is 12.7. The fraction of sp³-hybridized carbons (Fsp3) is 0.562. The lowest BCUT2D eigenvalue weighted by atomic mass is 10.1. The first-order valence-electron chi connectivity index (χ1n) is 7.52. The predicted molar refractivity (Wildman–Crippen MR) is 79.2 cm³/mol. The normalized spacial score (nSPS) is 21.9. The van der Waals surface area contributed by atoms with E-state index in [1.165, 1.54) is 0 Å². The molecule has 1 atom stereocenters. The van der Waals surface area contributed by atoms with Crippen LogP contribution in [0.5, 0.6) is 5.75 Å². The minimum Gasteiger partial charge on any atom is -0.497 e. The molecule has 1 aliphatic heterocycles. The van der Waals surface area contributed by atoms with Crippen molar-refractivity contribution in [1.29, 1.82) is 0 Å². The van der Waals surface area contributed by atoms with E-state index in [4.69, 9.17) is 9.47 Å². The molecule has 0 radical (unpaired) electrons. The summed E-state index contributed by atoms with van der Waals surface area (Å²) in [5, 5.41) is 3.25. The summed E-state index contributed by atoms with van der Waals surface area (Å²) in [7, 11) is 1.66. The molecule has 1 N–H and O–H groups in total. The summed E-state index contributed by atoms with van der Waals surface area (Å²) in [5.41, 5.74) is 1.13. The summed E-state index contributed by atoms with van der Waals surface area (Å²) < 4.78 is 10.6. The van der Waals surface area contributed by atoms with Gasteiger partial charge in [0, 0.05) is 19.1 Å². The Bertz CT molecular complexity index is 479. The third-order valence-corrected chi connectivity index (χ3v) is 4.00. The molecule has 5 nitrogen and oxygen atoms in total. The molecule has 3 rings (SSSR count). The molecule has 0 aromatic heterocycles. The molecule has 0 bridgehead atoms. The smallest absolute Gasteiger partial charge is 0.242 e. The number of nitrogens with one attached hydrogen (secondary N) is 1. The molecule has 2 fully saturated rings. The number of benzene rings is 1. The van der Waals surface area contributed by atoms with Crippen molar-refractivity contribution >= 4 is 5.91 Å². The number of amides is 1. The van der Waals surface area contributed by atoms with E-state index < -0.39 is 0 Å². The van der Waals surface area contributed by atoms with E-state index in [0.29, 0.717) is 25.8 Å². The van der Waals surface area contributed by atoms with Gasteiger partial charge in [0.25, 0.3) is 0 Å². The average Bonchev–Trinajstić information content (AvgIpc) is 3.38. The fourth-order valence-corrected chi connectivity index (χ4v) is 2.63. The highest BCUT2D eigenvalue weighted by atomic mass is 16.5. The highest BCUT2D eigenvalue weighted by Gasteiger charge is 2.36. The van der Waals surface area contributed by atoms with Crippen LogP contribution in [-0.4, -0.2) is 49.8 Å². The second-order valence-electron chi connectivity index (χ2n) is 5.63. The summed E-state index contributed by atoms with van der Waals surface area (Å²) in [5.74, 6) is 0.999. The average molecular weight is 290 g/mol. The number of methoxy groups -OCH3 is 1. The predicted octanol–water partition coefficient (Wildman–Crippen LogP) is 1.17. The lowest BCUT2D eigenvalue weighted by Gasteiger charge is -2.30. The lowest BCUT2D eigenvalue weighted by Crippen LogP contribution is -2.52. The van der Waals surface area contributed by atoms with Crippen LogP contribution in [0.4, 0.5) is 0 Å². The first-order valence-corrected chi connectivity index (χ1v) is 7.52. The number of nitrogens with zero attached hydrogens (tertiary/aromatic N) is 1. The van der Waals surface area contributed by atoms with Crippen LogP contribution < -0.4 is 10.1 Å². The van der Waals surface area contributed by atoms with Crippen molar-refractivity contribution in [3.63, 3.8) is 0 Å². The van der Waals surface area contributed by atoms with Gasteiger partial charge in [-0.25, -0.2) is 0 Å². The van der Waals surface area contributed by atoms with Gasteiger partial charge in [-0.15, -0.1) is 0 Å². The Hall–Kier alpha value is -1.59. The van der Waals surface area contributed by atoms with Gasteiger partial charge in [0.15, 0.2) is 0 Å². The molecular formula is C16H22N2O3. The molecular weight excluding hydrogens is 268 g/mol. The minimum atomic E-state index is -0.197. The Morgan fingerprint density at radius 1 is 1.38 bits per heavy atom. The number of ether oxygens (including phenoxy) is 2. The minimum absolute atomic E-state index is 0.160. The molecule has 1 amide bonds. The highest BCUT2D eigenvalue weighted by Crippen LogP contribution is 2.29. The molecule has 1 saturated carbocycles. The highest BCUT2D eigenvalue weighted by molar-refractivity contribution is 5.82. The number of carbonyl (C=O) groups is 1. The third kappa shape index (κ3) is 3.54. The van der Waals surface area contributed by atoms with Crippen molar-refractivity contribution in [2.45, 2.75) is 31.5 Å². The zero-order chi connectivity index (χ0) is 14.7. The molecule has 1 unspecified atom stereocenters. The first-order chi connectivity index (χ1) is 10.3. The number of rotatable bonds is 5.